The second kappa shape index (κ2) is 8.83. The molecule has 0 atom stereocenters. The molecule has 158 valence electrons. The first-order valence-corrected chi connectivity index (χ1v) is 11.6. The van der Waals surface area contributed by atoms with Crippen LogP contribution in [0.2, 0.25) is 0 Å². The first kappa shape index (κ1) is 21.8. The van der Waals surface area contributed by atoms with Crippen molar-refractivity contribution in [3.05, 3.63) is 65.4 Å². The summed E-state index contributed by atoms with van der Waals surface area (Å²) in [5.41, 5.74) is 3.34. The molecule has 0 spiro atoms. The predicted molar refractivity (Wildman–Crippen MR) is 118 cm³/mol. The Morgan fingerprint density at radius 3 is 2.60 bits per heavy atom. The fraction of sp³-hybridized carbons (Fsp3) is 0.304. The Labute approximate surface area is 177 Å². The number of hydrogen-bond acceptors (Lipinski definition) is 5. The number of aromatic nitrogens is 1. The maximum atomic E-state index is 13.0. The number of hydrogen-bond donors (Lipinski definition) is 0. The highest BCUT2D eigenvalue weighted by Gasteiger charge is 2.16. The first-order valence-electron chi connectivity index (χ1n) is 9.71. The molecule has 0 N–H and O–H groups in total. The first-order chi connectivity index (χ1) is 14.1. The summed E-state index contributed by atoms with van der Waals surface area (Å²) in [6.07, 6.45) is 1.78. The number of fused-ring (bicyclic) bond motifs is 1. The van der Waals surface area contributed by atoms with Gasteiger partial charge in [0.1, 0.15) is 5.75 Å². The molecule has 0 bridgehead atoms. The molecule has 0 saturated carbocycles. The van der Waals surface area contributed by atoms with Crippen molar-refractivity contribution in [3.63, 3.8) is 0 Å². The van der Waals surface area contributed by atoms with E-state index in [1.807, 2.05) is 38.1 Å². The molecule has 2 aromatic carbocycles. The molecule has 6 nitrogen and oxygen atoms in total. The molecular weight excluding hydrogens is 400 g/mol. The van der Waals surface area contributed by atoms with Gasteiger partial charge in [-0.1, -0.05) is 17.7 Å². The van der Waals surface area contributed by atoms with Crippen LogP contribution in [0.3, 0.4) is 0 Å². The van der Waals surface area contributed by atoms with Crippen LogP contribution in [0.25, 0.3) is 10.9 Å². The summed E-state index contributed by atoms with van der Waals surface area (Å²) >= 11 is 0. The molecule has 0 radical (unpaired) electrons. The molecule has 0 fully saturated rings. The summed E-state index contributed by atoms with van der Waals surface area (Å²) in [6.45, 7) is 4.77. The van der Waals surface area contributed by atoms with E-state index in [1.165, 1.54) is 18.4 Å². The maximum Gasteiger partial charge on any atom is 0.254 e. The summed E-state index contributed by atoms with van der Waals surface area (Å²) in [7, 11) is -1.51. The van der Waals surface area contributed by atoms with Crippen LogP contribution in [0, 0.1) is 13.8 Å². The van der Waals surface area contributed by atoms with E-state index >= 15 is 0 Å². The van der Waals surface area contributed by atoms with Crippen LogP contribution in [-0.4, -0.2) is 50.7 Å². The molecule has 1 amide bonds. The van der Waals surface area contributed by atoms with Crippen LogP contribution in [0.5, 0.6) is 5.75 Å². The lowest BCUT2D eigenvalue weighted by Gasteiger charge is -2.19. The van der Waals surface area contributed by atoms with E-state index < -0.39 is 9.84 Å². The molecule has 0 aliphatic heterocycles. The van der Waals surface area contributed by atoms with Gasteiger partial charge in [0.15, 0.2) is 9.84 Å². The molecule has 1 heterocycles. The summed E-state index contributed by atoms with van der Waals surface area (Å²) < 4.78 is 29.0. The van der Waals surface area contributed by atoms with E-state index in [0.717, 1.165) is 22.2 Å². The van der Waals surface area contributed by atoms with E-state index in [4.69, 9.17) is 4.74 Å². The maximum absolute atomic E-state index is 13.0. The molecule has 0 saturated heterocycles. The van der Waals surface area contributed by atoms with Crippen molar-refractivity contribution in [2.75, 3.05) is 26.5 Å². The average Bonchev–Trinajstić information content (AvgIpc) is 2.70. The van der Waals surface area contributed by atoms with Gasteiger partial charge in [0.2, 0.25) is 0 Å². The number of carbonyl (C=O) groups excluding carboxylic acids is 1. The third kappa shape index (κ3) is 5.16. The number of nitrogens with zero attached hydrogens (tertiary/aromatic N) is 2. The molecule has 7 heteroatoms. The van der Waals surface area contributed by atoms with E-state index in [-0.39, 0.29) is 10.8 Å². The van der Waals surface area contributed by atoms with Gasteiger partial charge in [0.05, 0.1) is 22.6 Å². The van der Waals surface area contributed by atoms with Crippen LogP contribution in [0.1, 0.15) is 28.0 Å². The topological polar surface area (TPSA) is 76.6 Å². The number of benzene rings is 2. The van der Waals surface area contributed by atoms with Gasteiger partial charge in [0, 0.05) is 30.9 Å². The lowest BCUT2D eigenvalue weighted by molar-refractivity contribution is 0.0789. The van der Waals surface area contributed by atoms with Crippen molar-refractivity contribution in [2.24, 2.45) is 0 Å². The Hall–Kier alpha value is -2.93. The van der Waals surface area contributed by atoms with Crippen LogP contribution >= 0.6 is 0 Å². The zero-order chi connectivity index (χ0) is 21.9. The van der Waals surface area contributed by atoms with E-state index in [9.17, 15) is 13.2 Å². The molecular formula is C23H26N2O4S. The van der Waals surface area contributed by atoms with Crippen molar-refractivity contribution in [3.8, 4) is 5.75 Å². The average molecular weight is 427 g/mol. The predicted octanol–water partition coefficient (Wildman–Crippen LogP) is 3.80. The van der Waals surface area contributed by atoms with Gasteiger partial charge < -0.3 is 9.64 Å². The van der Waals surface area contributed by atoms with Gasteiger partial charge in [-0.15, -0.1) is 0 Å². The second-order valence-electron chi connectivity index (χ2n) is 7.51. The van der Waals surface area contributed by atoms with Crippen molar-refractivity contribution >= 4 is 26.6 Å². The summed E-state index contributed by atoms with van der Waals surface area (Å²) in [6, 6.07) is 14.2. The number of carbonyl (C=O) groups is 1. The second-order valence-corrected chi connectivity index (χ2v) is 9.52. The van der Waals surface area contributed by atoms with Crippen LogP contribution in [0.4, 0.5) is 0 Å². The number of rotatable bonds is 7. The number of pyridine rings is 1. The zero-order valence-corrected chi connectivity index (χ0v) is 18.5. The van der Waals surface area contributed by atoms with Gasteiger partial charge >= 0.3 is 0 Å². The largest absolute Gasteiger partial charge is 0.493 e. The van der Waals surface area contributed by atoms with Crippen LogP contribution < -0.4 is 4.74 Å². The van der Waals surface area contributed by atoms with Crippen molar-refractivity contribution in [2.45, 2.75) is 25.2 Å². The van der Waals surface area contributed by atoms with E-state index in [2.05, 4.69) is 4.98 Å². The normalized spacial score (nSPS) is 11.5. The lowest BCUT2D eigenvalue weighted by atomic mass is 10.0. The van der Waals surface area contributed by atoms with Gasteiger partial charge in [0.25, 0.3) is 5.91 Å². The third-order valence-corrected chi connectivity index (χ3v) is 5.92. The third-order valence-electron chi connectivity index (χ3n) is 4.81. The molecule has 0 aliphatic rings. The summed E-state index contributed by atoms with van der Waals surface area (Å²) in [5, 5.41) is 0.853. The van der Waals surface area contributed by atoms with Gasteiger partial charge in [-0.05, 0) is 56.7 Å². The number of sulfone groups is 1. The van der Waals surface area contributed by atoms with Crippen LogP contribution in [0.15, 0.2) is 53.4 Å². The van der Waals surface area contributed by atoms with Crippen LogP contribution in [-0.2, 0) is 9.84 Å². The minimum atomic E-state index is -3.27. The van der Waals surface area contributed by atoms with Crippen molar-refractivity contribution in [1.29, 1.82) is 0 Å². The van der Waals surface area contributed by atoms with Crippen molar-refractivity contribution < 1.29 is 17.9 Å². The Morgan fingerprint density at radius 1 is 1.10 bits per heavy atom. The Bertz CT molecular complexity index is 1190. The number of aryl methyl sites for hydroxylation is 2. The smallest absolute Gasteiger partial charge is 0.254 e. The zero-order valence-electron chi connectivity index (χ0n) is 17.7. The molecule has 1 aromatic heterocycles. The number of ether oxygens (including phenoxy) is 1. The summed E-state index contributed by atoms with van der Waals surface area (Å²) in [5.74, 6) is 0.438. The quantitative estimate of drug-likeness (QED) is 0.537. The highest BCUT2D eigenvalue weighted by molar-refractivity contribution is 7.90. The molecule has 3 rings (SSSR count). The minimum absolute atomic E-state index is 0.0600. The number of amides is 1. The van der Waals surface area contributed by atoms with Gasteiger partial charge in [-0.25, -0.2) is 8.42 Å². The standard InChI is InChI=1S/C23H26N2O4S/c1-16-9-10-22-20(13-16)21(14-17(2)24-22)23(26)25(3)11-6-12-29-18-7-5-8-19(15-18)30(4,27)28/h5,7-10,13-15H,6,11-12H2,1-4H3. The van der Waals surface area contributed by atoms with E-state index in [1.54, 1.807) is 24.1 Å². The molecule has 0 aliphatic carbocycles. The molecule has 3 aromatic rings. The van der Waals surface area contributed by atoms with E-state index in [0.29, 0.717) is 30.9 Å². The molecule has 30 heavy (non-hydrogen) atoms. The summed E-state index contributed by atoms with van der Waals surface area (Å²) in [4.78, 5) is 19.4. The Balaban J connectivity index is 1.63. The minimum Gasteiger partial charge on any atom is -0.493 e. The fourth-order valence-electron chi connectivity index (χ4n) is 3.24. The van der Waals surface area contributed by atoms with Gasteiger partial charge in [-0.2, -0.15) is 0 Å². The monoisotopic (exact) mass is 426 g/mol. The highest BCUT2D eigenvalue weighted by atomic mass is 32.2. The SMILES string of the molecule is Cc1ccc2nc(C)cc(C(=O)N(C)CCCOc3cccc(S(C)(=O)=O)c3)c2c1. The Morgan fingerprint density at radius 2 is 1.87 bits per heavy atom. The highest BCUT2D eigenvalue weighted by Crippen LogP contribution is 2.22. The lowest BCUT2D eigenvalue weighted by Crippen LogP contribution is -2.29. The van der Waals surface area contributed by atoms with Crippen molar-refractivity contribution in [1.82, 2.24) is 9.88 Å². The Kier molecular flexibility index (Phi) is 6.41. The molecule has 0 unspecified atom stereocenters. The van der Waals surface area contributed by atoms with Gasteiger partial charge in [-0.3, -0.25) is 9.78 Å². The fourth-order valence-corrected chi connectivity index (χ4v) is 3.90.